The Hall–Kier alpha value is -4.64. The van der Waals surface area contributed by atoms with Crippen LogP contribution in [0.3, 0.4) is 0 Å². The van der Waals surface area contributed by atoms with E-state index in [1.54, 1.807) is 12.1 Å². The fourth-order valence-corrected chi connectivity index (χ4v) is 7.61. The van der Waals surface area contributed by atoms with Crippen LogP contribution in [0.5, 0.6) is 23.0 Å². The Morgan fingerprint density at radius 2 is 1.21 bits per heavy atom. The fourth-order valence-electron chi connectivity index (χ4n) is 7.61. The molecule has 0 spiro atoms. The number of ether oxygens (including phenoxy) is 5. The molecule has 3 aromatic rings. The second-order valence-electron chi connectivity index (χ2n) is 14.4. The minimum Gasteiger partial charge on any atom is -0.493 e. The zero-order chi connectivity index (χ0) is 39.7. The average molecular weight is 783 g/mol. The van der Waals surface area contributed by atoms with E-state index in [0.717, 1.165) is 44.1 Å². The number of rotatable bonds is 13. The van der Waals surface area contributed by atoms with E-state index in [1.807, 2.05) is 42.5 Å². The SMILES string of the molecule is COc1cc2c(cc1OC)/C(=C\CCCCCCOCc1ccccc1)C=C2C(F)(F)F.FC(F)(F)C1=C/C(=C\CC2CCCCC2)c2cc3c(cc21)OCO3. The molecule has 5 nitrogen and oxygen atoms in total. The molecule has 300 valence electrons. The first kappa shape index (κ1) is 41.0. The zero-order valence-electron chi connectivity index (χ0n) is 31.8. The normalized spacial score (nSPS) is 17.6. The molecule has 0 bridgehead atoms. The molecule has 0 N–H and O–H groups in total. The lowest BCUT2D eigenvalue weighted by Crippen LogP contribution is -2.09. The minimum absolute atomic E-state index is 0.0599. The molecule has 0 radical (unpaired) electrons. The second kappa shape index (κ2) is 18.5. The molecule has 0 atom stereocenters. The number of allylic oxidation sites excluding steroid dienone is 8. The molecule has 56 heavy (non-hydrogen) atoms. The first-order chi connectivity index (χ1) is 27.0. The van der Waals surface area contributed by atoms with E-state index in [1.165, 1.54) is 70.6 Å². The van der Waals surface area contributed by atoms with Gasteiger partial charge >= 0.3 is 12.4 Å². The number of hydrogen-bond acceptors (Lipinski definition) is 5. The van der Waals surface area contributed by atoms with E-state index in [4.69, 9.17) is 23.7 Å². The van der Waals surface area contributed by atoms with Crippen LogP contribution in [-0.4, -0.2) is 40.0 Å². The monoisotopic (exact) mass is 782 g/mol. The lowest BCUT2D eigenvalue weighted by Gasteiger charge is -2.20. The number of fused-ring (bicyclic) bond motifs is 3. The quantitative estimate of drug-likeness (QED) is 0.128. The molecular weight excluding hydrogens is 734 g/mol. The molecule has 3 aliphatic carbocycles. The molecule has 4 aliphatic rings. The molecule has 0 unspecified atom stereocenters. The molecule has 11 heteroatoms. The molecule has 1 saturated carbocycles. The van der Waals surface area contributed by atoms with Gasteiger partial charge in [0.2, 0.25) is 6.79 Å². The summed E-state index contributed by atoms with van der Waals surface area (Å²) in [6, 6.07) is 16.2. The Bertz CT molecular complexity index is 1930. The second-order valence-corrected chi connectivity index (χ2v) is 14.4. The summed E-state index contributed by atoms with van der Waals surface area (Å²) in [6.45, 7) is 1.39. The van der Waals surface area contributed by atoms with Crippen molar-refractivity contribution in [2.45, 2.75) is 89.6 Å². The number of alkyl halides is 6. The minimum atomic E-state index is -4.43. The van der Waals surface area contributed by atoms with Gasteiger partial charge in [0.25, 0.3) is 0 Å². The van der Waals surface area contributed by atoms with Gasteiger partial charge in [0.05, 0.1) is 32.0 Å². The Morgan fingerprint density at radius 3 is 1.84 bits per heavy atom. The predicted octanol–water partition coefficient (Wildman–Crippen LogP) is 12.9. The van der Waals surface area contributed by atoms with Crippen molar-refractivity contribution in [2.75, 3.05) is 27.6 Å². The zero-order valence-corrected chi connectivity index (χ0v) is 31.8. The lowest BCUT2D eigenvalue weighted by atomic mass is 9.86. The van der Waals surface area contributed by atoms with Gasteiger partial charge in [0, 0.05) is 6.61 Å². The third kappa shape index (κ3) is 10.2. The fraction of sp³-hybridized carbons (Fsp3) is 0.422. The number of methoxy groups -OCH3 is 2. The van der Waals surface area contributed by atoms with Gasteiger partial charge in [-0.05, 0) is 107 Å². The highest BCUT2D eigenvalue weighted by atomic mass is 19.4. The first-order valence-corrected chi connectivity index (χ1v) is 19.3. The number of hydrogen-bond donors (Lipinski definition) is 0. The van der Waals surface area contributed by atoms with Crippen LogP contribution < -0.4 is 18.9 Å². The first-order valence-electron chi connectivity index (χ1n) is 19.3. The molecule has 7 rings (SSSR count). The van der Waals surface area contributed by atoms with Crippen LogP contribution in [0.25, 0.3) is 22.3 Å². The van der Waals surface area contributed by atoms with Gasteiger partial charge in [-0.3, -0.25) is 0 Å². The summed E-state index contributed by atoms with van der Waals surface area (Å²) in [6.07, 6.45) is 9.11. The van der Waals surface area contributed by atoms with E-state index in [-0.39, 0.29) is 23.7 Å². The van der Waals surface area contributed by atoms with E-state index in [2.05, 4.69) is 0 Å². The molecule has 1 fully saturated rings. The van der Waals surface area contributed by atoms with Crippen LogP contribution in [0.15, 0.2) is 78.9 Å². The average Bonchev–Trinajstić information content (AvgIpc) is 3.91. The van der Waals surface area contributed by atoms with Gasteiger partial charge in [-0.15, -0.1) is 0 Å². The number of benzene rings is 3. The number of unbranched alkanes of at least 4 members (excludes halogenated alkanes) is 4. The Balaban J connectivity index is 0.000000197. The van der Waals surface area contributed by atoms with Crippen molar-refractivity contribution < 1.29 is 50.0 Å². The van der Waals surface area contributed by atoms with Crippen LogP contribution >= 0.6 is 0 Å². The number of halogens is 6. The highest BCUT2D eigenvalue weighted by molar-refractivity contribution is 5.99. The third-order valence-corrected chi connectivity index (χ3v) is 10.6. The van der Waals surface area contributed by atoms with E-state index >= 15 is 0 Å². The van der Waals surface area contributed by atoms with Gasteiger partial charge in [0.15, 0.2) is 23.0 Å². The molecule has 3 aromatic carbocycles. The maximum absolute atomic E-state index is 13.6. The van der Waals surface area contributed by atoms with Crippen LogP contribution in [0.2, 0.25) is 0 Å². The Morgan fingerprint density at radius 1 is 0.661 bits per heavy atom. The Kier molecular flexibility index (Phi) is 13.6. The molecular formula is C45H48F6O5. The van der Waals surface area contributed by atoms with Gasteiger partial charge in [-0.1, -0.05) is 87.4 Å². The summed E-state index contributed by atoms with van der Waals surface area (Å²) in [5.74, 6) is 2.21. The predicted molar refractivity (Wildman–Crippen MR) is 207 cm³/mol. The standard InChI is InChI=1S/C26H29F3O3.C19H19F3O2/c1-30-24-16-21-20(15-23(26(27,28)29)22(21)17-25(24)31-2)13-9-4-3-5-10-14-32-18-19-11-7-6-8-12-19;20-19(21,22)16-8-13(7-6-12-4-2-1-3-5-12)14-9-17-18(10-15(14)16)24-11-23-17/h6-8,11-13,15-17H,3-5,9-10,14,18H2,1-2H3;7-10,12H,1-6,11H2/b20-13-;13-7+. The van der Waals surface area contributed by atoms with Crippen molar-refractivity contribution in [3.05, 3.63) is 107 Å². The summed E-state index contributed by atoms with van der Waals surface area (Å²) in [4.78, 5) is 0. The van der Waals surface area contributed by atoms with Crippen molar-refractivity contribution in [3.63, 3.8) is 0 Å². The maximum atomic E-state index is 13.6. The smallest absolute Gasteiger partial charge is 0.417 e. The van der Waals surface area contributed by atoms with E-state index in [0.29, 0.717) is 58.7 Å². The third-order valence-electron chi connectivity index (χ3n) is 10.6. The summed E-state index contributed by atoms with van der Waals surface area (Å²) in [5, 5.41) is 0. The van der Waals surface area contributed by atoms with Crippen LogP contribution in [0.4, 0.5) is 26.3 Å². The molecule has 0 amide bonds. The summed E-state index contributed by atoms with van der Waals surface area (Å²) < 4.78 is 108. The van der Waals surface area contributed by atoms with Crippen LogP contribution in [0, 0.1) is 5.92 Å². The highest BCUT2D eigenvalue weighted by Gasteiger charge is 2.41. The van der Waals surface area contributed by atoms with Crippen molar-refractivity contribution >= 4 is 22.3 Å². The van der Waals surface area contributed by atoms with Gasteiger partial charge < -0.3 is 23.7 Å². The molecule has 1 heterocycles. The van der Waals surface area contributed by atoms with Crippen LogP contribution in [-0.2, 0) is 11.3 Å². The lowest BCUT2D eigenvalue weighted by molar-refractivity contribution is -0.0696. The summed E-state index contributed by atoms with van der Waals surface area (Å²) in [5.41, 5.74) is 2.63. The van der Waals surface area contributed by atoms with Gasteiger partial charge in [-0.25, -0.2) is 0 Å². The van der Waals surface area contributed by atoms with Crippen molar-refractivity contribution in [1.29, 1.82) is 0 Å². The molecule has 0 aromatic heterocycles. The van der Waals surface area contributed by atoms with Crippen molar-refractivity contribution in [3.8, 4) is 23.0 Å². The summed E-state index contributed by atoms with van der Waals surface area (Å²) in [7, 11) is 2.89. The van der Waals surface area contributed by atoms with Gasteiger partial charge in [-0.2, -0.15) is 26.3 Å². The Labute approximate surface area is 324 Å². The van der Waals surface area contributed by atoms with Crippen molar-refractivity contribution in [1.82, 2.24) is 0 Å². The van der Waals surface area contributed by atoms with Crippen LogP contribution in [0.1, 0.15) is 98.4 Å². The topological polar surface area (TPSA) is 46.2 Å². The van der Waals surface area contributed by atoms with E-state index < -0.39 is 23.5 Å². The maximum Gasteiger partial charge on any atom is 0.417 e. The molecule has 0 saturated heterocycles. The largest absolute Gasteiger partial charge is 0.493 e. The van der Waals surface area contributed by atoms with Gasteiger partial charge in [0.1, 0.15) is 0 Å². The van der Waals surface area contributed by atoms with E-state index in [9.17, 15) is 26.3 Å². The summed E-state index contributed by atoms with van der Waals surface area (Å²) >= 11 is 0. The van der Waals surface area contributed by atoms with Crippen molar-refractivity contribution in [2.24, 2.45) is 5.92 Å². The highest BCUT2D eigenvalue weighted by Crippen LogP contribution is 2.50. The molecule has 1 aliphatic heterocycles.